The number of hydrogen-bond acceptors (Lipinski definition) is 2. The normalized spacial score (nSPS) is 12.8. The Morgan fingerprint density at radius 3 is 1.61 bits per heavy atom. The predicted molar refractivity (Wildman–Crippen MR) is 106 cm³/mol. The van der Waals surface area contributed by atoms with Crippen LogP contribution in [-0.2, 0) is 8.85 Å². The summed E-state index contributed by atoms with van der Waals surface area (Å²) in [5.74, 6) is 0.730. The van der Waals surface area contributed by atoms with Crippen molar-refractivity contribution in [2.75, 3.05) is 6.61 Å². The van der Waals surface area contributed by atoms with Gasteiger partial charge in [0.1, 0.15) is 0 Å². The standard InChI is InChI=1S/C20H44O2Si/c1-6-11-15-19(16-12-7-2)20(17-13-8-3,18-14-9-4)22-23-21-10-5/h19H,6-18,23H2,1-5H3. The molecule has 0 aromatic rings. The predicted octanol–water partition coefficient (Wildman–Crippen LogP) is 6.15. The first-order chi connectivity index (χ1) is 11.2. The molecule has 0 saturated carbocycles. The van der Waals surface area contributed by atoms with Crippen LogP contribution < -0.4 is 0 Å². The third-order valence-electron chi connectivity index (χ3n) is 5.10. The number of unbranched alkanes of at least 4 members (excludes halogenated alkanes) is 4. The molecule has 0 radical (unpaired) electrons. The van der Waals surface area contributed by atoms with Crippen molar-refractivity contribution >= 4 is 10.0 Å². The van der Waals surface area contributed by atoms with E-state index in [1.807, 2.05) is 0 Å². The summed E-state index contributed by atoms with van der Waals surface area (Å²) >= 11 is 0. The fourth-order valence-corrected chi connectivity index (χ4v) is 4.57. The maximum Gasteiger partial charge on any atom is 0.304 e. The summed E-state index contributed by atoms with van der Waals surface area (Å²) in [7, 11) is -0.838. The molecular weight excluding hydrogens is 300 g/mol. The monoisotopic (exact) mass is 344 g/mol. The molecule has 2 nitrogen and oxygen atoms in total. The van der Waals surface area contributed by atoms with Gasteiger partial charge in [0.15, 0.2) is 0 Å². The highest BCUT2D eigenvalue weighted by Crippen LogP contribution is 2.39. The Labute approximate surface area is 149 Å². The van der Waals surface area contributed by atoms with Crippen LogP contribution >= 0.6 is 0 Å². The minimum absolute atomic E-state index is 0.109. The summed E-state index contributed by atoms with van der Waals surface area (Å²) in [6.07, 6.45) is 15.5. The van der Waals surface area contributed by atoms with Gasteiger partial charge in [-0.25, -0.2) is 0 Å². The van der Waals surface area contributed by atoms with Crippen molar-refractivity contribution in [1.29, 1.82) is 0 Å². The first kappa shape index (κ1) is 23.1. The van der Waals surface area contributed by atoms with Crippen molar-refractivity contribution in [2.45, 2.75) is 117 Å². The summed E-state index contributed by atoms with van der Waals surface area (Å²) in [5, 5.41) is 0. The van der Waals surface area contributed by atoms with Crippen molar-refractivity contribution in [1.82, 2.24) is 0 Å². The molecule has 0 amide bonds. The van der Waals surface area contributed by atoms with Gasteiger partial charge in [-0.15, -0.1) is 0 Å². The van der Waals surface area contributed by atoms with Crippen molar-refractivity contribution in [2.24, 2.45) is 5.92 Å². The maximum atomic E-state index is 6.65. The van der Waals surface area contributed by atoms with E-state index >= 15 is 0 Å². The SMILES string of the molecule is CCCCC(CCCC)C(CCCC)(CCCC)O[SiH2]OCC. The summed E-state index contributed by atoms with van der Waals surface area (Å²) < 4.78 is 12.4. The fraction of sp³-hybridized carbons (Fsp3) is 1.00. The lowest BCUT2D eigenvalue weighted by Crippen LogP contribution is -2.43. The van der Waals surface area contributed by atoms with Gasteiger partial charge in [0.2, 0.25) is 0 Å². The van der Waals surface area contributed by atoms with E-state index in [4.69, 9.17) is 8.85 Å². The fourth-order valence-electron chi connectivity index (χ4n) is 3.56. The quantitative estimate of drug-likeness (QED) is 0.232. The maximum absolute atomic E-state index is 6.65. The Hall–Kier alpha value is 0.137. The highest BCUT2D eigenvalue weighted by Gasteiger charge is 2.37. The molecule has 0 aromatic carbocycles. The molecule has 0 aliphatic heterocycles. The third-order valence-corrected chi connectivity index (χ3v) is 6.36. The van der Waals surface area contributed by atoms with E-state index in [1.165, 1.54) is 77.0 Å². The Kier molecular flexibility index (Phi) is 15.7. The molecule has 0 aliphatic carbocycles. The largest absolute Gasteiger partial charge is 0.399 e. The molecule has 0 rings (SSSR count). The Bertz CT molecular complexity index is 230. The molecule has 0 bridgehead atoms. The Balaban J connectivity index is 5.16. The zero-order chi connectivity index (χ0) is 17.4. The smallest absolute Gasteiger partial charge is 0.304 e. The summed E-state index contributed by atoms with van der Waals surface area (Å²) in [6, 6.07) is 0. The van der Waals surface area contributed by atoms with E-state index in [0.717, 1.165) is 12.5 Å². The van der Waals surface area contributed by atoms with E-state index in [9.17, 15) is 0 Å². The average molecular weight is 345 g/mol. The molecule has 0 atom stereocenters. The highest BCUT2D eigenvalue weighted by molar-refractivity contribution is 6.18. The van der Waals surface area contributed by atoms with Crippen LogP contribution in [0.3, 0.4) is 0 Å². The zero-order valence-electron chi connectivity index (χ0n) is 16.8. The van der Waals surface area contributed by atoms with Gasteiger partial charge in [-0.05, 0) is 38.5 Å². The Morgan fingerprint density at radius 1 is 0.739 bits per heavy atom. The number of rotatable bonds is 17. The van der Waals surface area contributed by atoms with E-state index in [1.54, 1.807) is 0 Å². The molecule has 140 valence electrons. The van der Waals surface area contributed by atoms with Gasteiger partial charge in [0.25, 0.3) is 0 Å². The van der Waals surface area contributed by atoms with E-state index in [-0.39, 0.29) is 5.60 Å². The van der Waals surface area contributed by atoms with Crippen LogP contribution in [0, 0.1) is 5.92 Å². The van der Waals surface area contributed by atoms with Crippen LogP contribution in [0.1, 0.15) is 112 Å². The van der Waals surface area contributed by atoms with Gasteiger partial charge in [-0.2, -0.15) is 0 Å². The van der Waals surface area contributed by atoms with Crippen LogP contribution in [0.25, 0.3) is 0 Å². The minimum atomic E-state index is -0.838. The van der Waals surface area contributed by atoms with Crippen LogP contribution in [0.15, 0.2) is 0 Å². The lowest BCUT2D eigenvalue weighted by molar-refractivity contribution is -0.0332. The van der Waals surface area contributed by atoms with E-state index < -0.39 is 10.0 Å². The summed E-state index contributed by atoms with van der Waals surface area (Å²) in [4.78, 5) is 0. The molecule has 0 aliphatic rings. The second kappa shape index (κ2) is 15.7. The van der Waals surface area contributed by atoms with Gasteiger partial charge in [0, 0.05) is 6.61 Å². The van der Waals surface area contributed by atoms with Gasteiger partial charge >= 0.3 is 10.0 Å². The van der Waals surface area contributed by atoms with Crippen molar-refractivity contribution < 1.29 is 8.85 Å². The molecule has 0 aromatic heterocycles. The minimum Gasteiger partial charge on any atom is -0.399 e. The molecule has 0 fully saturated rings. The van der Waals surface area contributed by atoms with Gasteiger partial charge in [-0.1, -0.05) is 79.1 Å². The van der Waals surface area contributed by atoms with Gasteiger partial charge in [-0.3, -0.25) is 0 Å². The molecular formula is C20H44O2Si. The average Bonchev–Trinajstić information content (AvgIpc) is 2.57. The third kappa shape index (κ3) is 9.88. The van der Waals surface area contributed by atoms with Crippen LogP contribution in [-0.4, -0.2) is 22.2 Å². The first-order valence-corrected chi connectivity index (χ1v) is 11.6. The molecule has 3 heteroatoms. The lowest BCUT2D eigenvalue weighted by atomic mass is 9.74. The van der Waals surface area contributed by atoms with Crippen molar-refractivity contribution in [3.63, 3.8) is 0 Å². The molecule has 0 saturated heterocycles. The first-order valence-electron chi connectivity index (χ1n) is 10.4. The summed E-state index contributed by atoms with van der Waals surface area (Å²) in [5.41, 5.74) is 0.109. The number of hydrogen-bond donors (Lipinski definition) is 0. The van der Waals surface area contributed by atoms with Gasteiger partial charge < -0.3 is 8.85 Å². The molecule has 0 heterocycles. The second-order valence-electron chi connectivity index (χ2n) is 7.01. The van der Waals surface area contributed by atoms with E-state index in [0.29, 0.717) is 0 Å². The van der Waals surface area contributed by atoms with E-state index in [2.05, 4.69) is 34.6 Å². The molecule has 23 heavy (non-hydrogen) atoms. The van der Waals surface area contributed by atoms with Crippen LogP contribution in [0.5, 0.6) is 0 Å². The second-order valence-corrected chi connectivity index (χ2v) is 7.94. The van der Waals surface area contributed by atoms with Crippen LogP contribution in [0.4, 0.5) is 0 Å². The van der Waals surface area contributed by atoms with Gasteiger partial charge in [0.05, 0.1) is 5.60 Å². The van der Waals surface area contributed by atoms with Crippen LogP contribution in [0.2, 0.25) is 0 Å². The summed E-state index contributed by atoms with van der Waals surface area (Å²) in [6.45, 7) is 12.1. The molecule has 0 spiro atoms. The highest BCUT2D eigenvalue weighted by atomic mass is 28.3. The zero-order valence-corrected chi connectivity index (χ0v) is 18.2. The van der Waals surface area contributed by atoms with Crippen molar-refractivity contribution in [3.8, 4) is 0 Å². The topological polar surface area (TPSA) is 18.5 Å². The Morgan fingerprint density at radius 2 is 1.22 bits per heavy atom. The molecule has 0 unspecified atom stereocenters. The lowest BCUT2D eigenvalue weighted by Gasteiger charge is -2.42. The van der Waals surface area contributed by atoms with Crippen molar-refractivity contribution in [3.05, 3.63) is 0 Å². The molecule has 0 N–H and O–H groups in total.